The minimum atomic E-state index is -1.17. The Morgan fingerprint density at radius 3 is 2.34 bits per heavy atom. The summed E-state index contributed by atoms with van der Waals surface area (Å²) in [5.41, 5.74) is -0.163. The van der Waals surface area contributed by atoms with Crippen molar-refractivity contribution >= 4 is 45.2 Å². The zero-order valence-corrected chi connectivity index (χ0v) is 27.8. The maximum atomic E-state index is 14.3. The molecule has 11 heteroatoms. The summed E-state index contributed by atoms with van der Waals surface area (Å²) in [5, 5.41) is 6.91. The lowest BCUT2D eigenvalue weighted by molar-refractivity contribution is -0.134. The molecule has 47 heavy (non-hydrogen) atoms. The number of nitrogens with zero attached hydrogens (tertiary/aromatic N) is 3. The summed E-state index contributed by atoms with van der Waals surface area (Å²) < 4.78 is 6.50. The van der Waals surface area contributed by atoms with Crippen LogP contribution in [-0.4, -0.2) is 103 Å². The molecule has 1 aliphatic carbocycles. The second-order valence-electron chi connectivity index (χ2n) is 12.8. The first-order chi connectivity index (χ1) is 22.9. The van der Waals surface area contributed by atoms with Gasteiger partial charge >= 0.3 is 6.03 Å². The van der Waals surface area contributed by atoms with Crippen LogP contribution in [0.25, 0.3) is 10.1 Å². The van der Waals surface area contributed by atoms with Gasteiger partial charge < -0.3 is 20.3 Å². The SMILES string of the molecule is O=C(NC1(C(=O)N(CCc2ccccc2)C(=O)NCCC(=O)N2CCN(C3CCOCC3)CC2)CCCC1)c1cc2ccccc2s1. The van der Waals surface area contributed by atoms with Crippen LogP contribution in [0.1, 0.15) is 60.2 Å². The van der Waals surface area contributed by atoms with Crippen molar-refractivity contribution in [1.29, 1.82) is 0 Å². The lowest BCUT2D eigenvalue weighted by Gasteiger charge is -2.40. The molecule has 0 atom stereocenters. The molecule has 0 unspecified atom stereocenters. The molecule has 2 saturated heterocycles. The van der Waals surface area contributed by atoms with E-state index in [1.807, 2.05) is 65.6 Å². The third-order valence-corrected chi connectivity index (χ3v) is 10.9. The Bertz CT molecular complexity index is 1510. The van der Waals surface area contributed by atoms with E-state index in [-0.39, 0.29) is 31.3 Å². The van der Waals surface area contributed by atoms with E-state index in [9.17, 15) is 19.2 Å². The number of hydrogen-bond acceptors (Lipinski definition) is 7. The average molecular weight is 660 g/mol. The van der Waals surface area contributed by atoms with Crippen LogP contribution in [0.5, 0.6) is 0 Å². The van der Waals surface area contributed by atoms with E-state index in [1.54, 1.807) is 0 Å². The maximum absolute atomic E-state index is 14.3. The molecule has 2 aromatic carbocycles. The van der Waals surface area contributed by atoms with Crippen LogP contribution in [0.2, 0.25) is 0 Å². The van der Waals surface area contributed by atoms with Gasteiger partial charge in [0.1, 0.15) is 5.54 Å². The summed E-state index contributed by atoms with van der Waals surface area (Å²) in [6.07, 6.45) is 5.22. The van der Waals surface area contributed by atoms with Crippen molar-refractivity contribution in [1.82, 2.24) is 25.3 Å². The summed E-state index contributed by atoms with van der Waals surface area (Å²) >= 11 is 1.39. The number of hydrogen-bond donors (Lipinski definition) is 2. The number of fused-ring (bicyclic) bond motifs is 1. The minimum Gasteiger partial charge on any atom is -0.381 e. The van der Waals surface area contributed by atoms with E-state index in [1.165, 1.54) is 16.2 Å². The topological polar surface area (TPSA) is 111 Å². The first kappa shape index (κ1) is 33.1. The second kappa shape index (κ2) is 15.4. The van der Waals surface area contributed by atoms with Crippen molar-refractivity contribution in [2.45, 2.75) is 62.9 Å². The lowest BCUT2D eigenvalue weighted by Crippen LogP contribution is -2.61. The molecule has 2 N–H and O–H groups in total. The zero-order chi connectivity index (χ0) is 32.6. The normalized spacial score (nSPS) is 18.6. The fraction of sp³-hybridized carbons (Fsp3) is 0.500. The predicted octanol–water partition coefficient (Wildman–Crippen LogP) is 4.44. The number of piperazine rings is 1. The Balaban J connectivity index is 1.09. The predicted molar refractivity (Wildman–Crippen MR) is 182 cm³/mol. The third-order valence-electron chi connectivity index (χ3n) is 9.82. The average Bonchev–Trinajstić information content (AvgIpc) is 3.77. The van der Waals surface area contributed by atoms with Crippen LogP contribution in [0.4, 0.5) is 4.79 Å². The number of nitrogens with one attached hydrogen (secondary N) is 2. The molecule has 0 spiro atoms. The molecule has 3 heterocycles. The summed E-state index contributed by atoms with van der Waals surface area (Å²) in [4.78, 5) is 60.8. The van der Waals surface area contributed by atoms with Crippen molar-refractivity contribution in [3.8, 4) is 0 Å². The fourth-order valence-electron chi connectivity index (χ4n) is 7.10. The van der Waals surface area contributed by atoms with Gasteiger partial charge in [-0.1, -0.05) is 61.4 Å². The van der Waals surface area contributed by atoms with Gasteiger partial charge in [0.2, 0.25) is 5.91 Å². The molecule has 10 nitrogen and oxygen atoms in total. The molecule has 0 bridgehead atoms. The number of ether oxygens (including phenoxy) is 1. The molecule has 3 aromatic rings. The van der Waals surface area contributed by atoms with Crippen LogP contribution in [0.3, 0.4) is 0 Å². The molecule has 6 rings (SSSR count). The van der Waals surface area contributed by atoms with E-state index in [4.69, 9.17) is 4.74 Å². The second-order valence-corrected chi connectivity index (χ2v) is 13.9. The van der Waals surface area contributed by atoms with Gasteiger partial charge in [0.25, 0.3) is 11.8 Å². The molecule has 0 radical (unpaired) electrons. The van der Waals surface area contributed by atoms with Gasteiger partial charge in [-0.15, -0.1) is 11.3 Å². The van der Waals surface area contributed by atoms with Crippen LogP contribution in [-0.2, 0) is 20.7 Å². The number of benzene rings is 2. The Morgan fingerprint density at radius 1 is 0.915 bits per heavy atom. The zero-order valence-electron chi connectivity index (χ0n) is 27.0. The van der Waals surface area contributed by atoms with Crippen molar-refractivity contribution in [2.75, 3.05) is 52.5 Å². The number of imide groups is 1. The smallest absolute Gasteiger partial charge is 0.324 e. The lowest BCUT2D eigenvalue weighted by atomic mass is 9.94. The summed E-state index contributed by atoms with van der Waals surface area (Å²) in [6.45, 7) is 4.94. The molecular formula is C36H45N5O5S. The number of carbonyl (C=O) groups is 4. The van der Waals surface area contributed by atoms with Crippen LogP contribution >= 0.6 is 11.3 Å². The van der Waals surface area contributed by atoms with Crippen LogP contribution in [0, 0.1) is 0 Å². The standard InChI is InChI=1S/C36H45N5O5S/c42-32(40-22-20-39(21-23-40)29-14-24-46-25-15-29)12-18-37-35(45)41(19-13-27-8-2-1-3-9-27)34(44)36(16-6-7-17-36)38-33(43)31-26-28-10-4-5-11-30(28)47-31/h1-5,8-11,26,29H,6-7,12-25H2,(H,37,45)(H,38,43). The van der Waals surface area contributed by atoms with Gasteiger partial charge in [0, 0.05) is 69.6 Å². The summed E-state index contributed by atoms with van der Waals surface area (Å²) in [6, 6.07) is 19.4. The number of urea groups is 1. The van der Waals surface area contributed by atoms with Gasteiger partial charge in [0.15, 0.2) is 0 Å². The highest BCUT2D eigenvalue weighted by atomic mass is 32.1. The number of carbonyl (C=O) groups excluding carboxylic acids is 4. The molecule has 3 fully saturated rings. The quantitative estimate of drug-likeness (QED) is 0.333. The largest absolute Gasteiger partial charge is 0.381 e. The van der Waals surface area contributed by atoms with E-state index >= 15 is 0 Å². The molecule has 5 amide bonds. The highest BCUT2D eigenvalue weighted by Gasteiger charge is 2.46. The van der Waals surface area contributed by atoms with Gasteiger partial charge in [-0.25, -0.2) is 4.79 Å². The molecule has 2 aliphatic heterocycles. The van der Waals surface area contributed by atoms with Crippen LogP contribution < -0.4 is 10.6 Å². The number of thiophene rings is 1. The molecule has 3 aliphatic rings. The highest BCUT2D eigenvalue weighted by Crippen LogP contribution is 2.33. The highest BCUT2D eigenvalue weighted by molar-refractivity contribution is 7.20. The first-order valence-electron chi connectivity index (χ1n) is 17.0. The van der Waals surface area contributed by atoms with Gasteiger partial charge in [-0.05, 0) is 55.2 Å². The molecule has 1 saturated carbocycles. The van der Waals surface area contributed by atoms with Gasteiger partial charge in [-0.2, -0.15) is 0 Å². The Hall–Kier alpha value is -3.80. The van der Waals surface area contributed by atoms with Gasteiger partial charge in [-0.3, -0.25) is 24.2 Å². The van der Waals surface area contributed by atoms with E-state index < -0.39 is 17.5 Å². The maximum Gasteiger partial charge on any atom is 0.324 e. The van der Waals surface area contributed by atoms with E-state index in [0.29, 0.717) is 43.3 Å². The number of amides is 5. The van der Waals surface area contributed by atoms with Crippen LogP contribution in [0.15, 0.2) is 60.7 Å². The van der Waals surface area contributed by atoms with E-state index in [0.717, 1.165) is 67.6 Å². The van der Waals surface area contributed by atoms with Crippen molar-refractivity contribution < 1.29 is 23.9 Å². The minimum absolute atomic E-state index is 0.00181. The molecule has 250 valence electrons. The first-order valence-corrected chi connectivity index (χ1v) is 17.8. The summed E-state index contributed by atoms with van der Waals surface area (Å²) in [7, 11) is 0. The van der Waals surface area contributed by atoms with Gasteiger partial charge in [0.05, 0.1) is 4.88 Å². The van der Waals surface area contributed by atoms with Crippen molar-refractivity contribution in [3.63, 3.8) is 0 Å². The summed E-state index contributed by atoms with van der Waals surface area (Å²) in [5.74, 6) is -0.692. The van der Waals surface area contributed by atoms with Crippen molar-refractivity contribution in [3.05, 3.63) is 71.1 Å². The third kappa shape index (κ3) is 8.02. The Kier molecular flexibility index (Phi) is 10.9. The Labute approximate surface area is 280 Å². The van der Waals surface area contributed by atoms with Crippen molar-refractivity contribution in [2.24, 2.45) is 0 Å². The number of rotatable bonds is 10. The fourth-order valence-corrected chi connectivity index (χ4v) is 8.06. The monoisotopic (exact) mass is 659 g/mol. The Morgan fingerprint density at radius 2 is 1.62 bits per heavy atom. The molecule has 1 aromatic heterocycles. The molecular weight excluding hydrogens is 614 g/mol. The van der Waals surface area contributed by atoms with E-state index in [2.05, 4.69) is 15.5 Å².